The van der Waals surface area contributed by atoms with Crippen LogP contribution in [0.3, 0.4) is 0 Å². The van der Waals surface area contributed by atoms with Crippen molar-refractivity contribution in [3.05, 3.63) is 23.7 Å². The molecule has 0 aliphatic carbocycles. The molecule has 1 aromatic heterocycles. The first-order valence-electron chi connectivity index (χ1n) is 7.30. The van der Waals surface area contributed by atoms with E-state index in [-0.39, 0.29) is 17.2 Å². The fourth-order valence-corrected chi connectivity index (χ4v) is 2.68. The lowest BCUT2D eigenvalue weighted by Gasteiger charge is -2.33. The predicted octanol–water partition coefficient (Wildman–Crippen LogP) is 1.83. The summed E-state index contributed by atoms with van der Waals surface area (Å²) in [5.41, 5.74) is 0. The van der Waals surface area contributed by atoms with Gasteiger partial charge in [0.15, 0.2) is 0 Å². The largest absolute Gasteiger partial charge is 0.465 e. The Morgan fingerprint density at radius 3 is 2.71 bits per heavy atom. The molecule has 0 radical (unpaired) electrons. The second-order valence-electron chi connectivity index (χ2n) is 5.24. The number of hydrogen-bond acceptors (Lipinski definition) is 5. The summed E-state index contributed by atoms with van der Waals surface area (Å²) >= 11 is 1.55. The van der Waals surface area contributed by atoms with Gasteiger partial charge in [-0.3, -0.25) is 9.69 Å². The van der Waals surface area contributed by atoms with Crippen molar-refractivity contribution in [2.24, 2.45) is 0 Å². The van der Waals surface area contributed by atoms with Gasteiger partial charge in [0, 0.05) is 19.6 Å². The van der Waals surface area contributed by atoms with E-state index in [9.17, 15) is 4.79 Å². The summed E-state index contributed by atoms with van der Waals surface area (Å²) in [6.07, 6.45) is 1.94. The number of furan rings is 1. The van der Waals surface area contributed by atoms with Crippen LogP contribution in [0.5, 0.6) is 0 Å². The van der Waals surface area contributed by atoms with E-state index in [1.165, 1.54) is 0 Å². The van der Waals surface area contributed by atoms with Crippen LogP contribution >= 0.6 is 11.8 Å². The summed E-state index contributed by atoms with van der Waals surface area (Å²) in [5, 5.41) is 3.00. The fraction of sp³-hybridized carbons (Fsp3) is 0.667. The molecule has 0 unspecified atom stereocenters. The topological polar surface area (TPSA) is 54.7 Å². The van der Waals surface area contributed by atoms with Gasteiger partial charge in [-0.15, -0.1) is 0 Å². The van der Waals surface area contributed by atoms with Crippen LogP contribution in [0.4, 0.5) is 0 Å². The number of morpholine rings is 1. The quantitative estimate of drug-likeness (QED) is 0.868. The summed E-state index contributed by atoms with van der Waals surface area (Å²) in [7, 11) is 0. The Morgan fingerprint density at radius 1 is 1.43 bits per heavy atom. The van der Waals surface area contributed by atoms with E-state index in [2.05, 4.69) is 10.2 Å². The van der Waals surface area contributed by atoms with Gasteiger partial charge in [-0.25, -0.2) is 0 Å². The standard InChI is InChI=1S/C15H24N2O3S/c1-11-4-5-14(20-11)13(17-6-8-19-9-7-17)10-16-15(18)12(2)21-3/h4-5,12-13H,6-10H2,1-3H3,(H,16,18)/t12-,13+/m0/s1. The molecule has 2 rings (SSSR count). The average Bonchev–Trinajstić information content (AvgIpc) is 2.93. The van der Waals surface area contributed by atoms with Gasteiger partial charge in [0.05, 0.1) is 24.5 Å². The zero-order valence-electron chi connectivity index (χ0n) is 12.9. The lowest BCUT2D eigenvalue weighted by molar-refractivity contribution is -0.120. The second-order valence-corrected chi connectivity index (χ2v) is 6.41. The normalized spacial score (nSPS) is 19.2. The van der Waals surface area contributed by atoms with Crippen molar-refractivity contribution < 1.29 is 13.9 Å². The van der Waals surface area contributed by atoms with Crippen molar-refractivity contribution in [2.75, 3.05) is 39.1 Å². The molecule has 2 atom stereocenters. The molecule has 1 aliphatic rings. The zero-order chi connectivity index (χ0) is 15.2. The molecule has 1 aromatic rings. The lowest BCUT2D eigenvalue weighted by atomic mass is 10.1. The van der Waals surface area contributed by atoms with Crippen molar-refractivity contribution >= 4 is 17.7 Å². The van der Waals surface area contributed by atoms with Gasteiger partial charge in [-0.1, -0.05) is 0 Å². The van der Waals surface area contributed by atoms with E-state index < -0.39 is 0 Å². The smallest absolute Gasteiger partial charge is 0.232 e. The average molecular weight is 312 g/mol. The van der Waals surface area contributed by atoms with Gasteiger partial charge >= 0.3 is 0 Å². The van der Waals surface area contributed by atoms with Gasteiger partial charge in [0.2, 0.25) is 5.91 Å². The summed E-state index contributed by atoms with van der Waals surface area (Å²) < 4.78 is 11.2. The number of amides is 1. The molecule has 6 heteroatoms. The molecule has 21 heavy (non-hydrogen) atoms. The van der Waals surface area contributed by atoms with Crippen molar-refractivity contribution in [3.8, 4) is 0 Å². The van der Waals surface area contributed by atoms with Crippen molar-refractivity contribution in [3.63, 3.8) is 0 Å². The fourth-order valence-electron chi connectivity index (χ4n) is 2.38. The highest BCUT2D eigenvalue weighted by Crippen LogP contribution is 2.23. The molecule has 1 aliphatic heterocycles. The van der Waals surface area contributed by atoms with Crippen LogP contribution in [0.1, 0.15) is 24.5 Å². The minimum atomic E-state index is -0.0336. The predicted molar refractivity (Wildman–Crippen MR) is 84.6 cm³/mol. The first-order chi connectivity index (χ1) is 10.1. The Kier molecular flexibility index (Phi) is 6.14. The van der Waals surface area contributed by atoms with E-state index >= 15 is 0 Å². The van der Waals surface area contributed by atoms with Crippen LogP contribution < -0.4 is 5.32 Å². The number of nitrogens with zero attached hydrogens (tertiary/aromatic N) is 1. The van der Waals surface area contributed by atoms with Crippen LogP contribution in [0.15, 0.2) is 16.5 Å². The highest BCUT2D eigenvalue weighted by atomic mass is 32.2. The minimum absolute atomic E-state index is 0.0336. The van der Waals surface area contributed by atoms with Crippen LogP contribution in [-0.2, 0) is 9.53 Å². The van der Waals surface area contributed by atoms with Gasteiger partial charge in [-0.2, -0.15) is 11.8 Å². The molecule has 1 N–H and O–H groups in total. The molecule has 0 bridgehead atoms. The Labute approximate surface area is 130 Å². The molecule has 5 nitrogen and oxygen atoms in total. The molecule has 1 amide bonds. The van der Waals surface area contributed by atoms with E-state index in [1.54, 1.807) is 11.8 Å². The molecule has 0 saturated carbocycles. The monoisotopic (exact) mass is 312 g/mol. The zero-order valence-corrected chi connectivity index (χ0v) is 13.7. The molecule has 0 spiro atoms. The number of aryl methyl sites for hydroxylation is 1. The number of ether oxygens (including phenoxy) is 1. The SMILES string of the molecule is CS[C@@H](C)C(=O)NC[C@H](c1ccc(C)o1)N1CCOCC1. The molecule has 1 fully saturated rings. The lowest BCUT2D eigenvalue weighted by Crippen LogP contribution is -2.44. The molecule has 0 aromatic carbocycles. The molecule has 1 saturated heterocycles. The van der Waals surface area contributed by atoms with Gasteiger partial charge in [-0.05, 0) is 32.2 Å². The molecular weight excluding hydrogens is 288 g/mol. The van der Waals surface area contributed by atoms with Gasteiger partial charge in [0.25, 0.3) is 0 Å². The van der Waals surface area contributed by atoms with Crippen molar-refractivity contribution in [1.29, 1.82) is 0 Å². The highest BCUT2D eigenvalue weighted by molar-refractivity contribution is 7.99. The summed E-state index contributed by atoms with van der Waals surface area (Å²) in [6.45, 7) is 7.60. The number of nitrogens with one attached hydrogen (secondary N) is 1. The van der Waals surface area contributed by atoms with Crippen molar-refractivity contribution in [2.45, 2.75) is 25.1 Å². The van der Waals surface area contributed by atoms with Crippen LogP contribution in [-0.4, -0.2) is 55.2 Å². The van der Waals surface area contributed by atoms with E-state index in [0.29, 0.717) is 6.54 Å². The second kappa shape index (κ2) is 7.87. The molecule has 2 heterocycles. The number of thioether (sulfide) groups is 1. The van der Waals surface area contributed by atoms with Crippen LogP contribution in [0, 0.1) is 6.92 Å². The number of carbonyl (C=O) groups excluding carboxylic acids is 1. The Hall–Kier alpha value is -0.980. The third-order valence-electron chi connectivity index (χ3n) is 3.77. The maximum Gasteiger partial charge on any atom is 0.232 e. The summed E-state index contributed by atoms with van der Waals surface area (Å²) in [6, 6.07) is 4.04. The minimum Gasteiger partial charge on any atom is -0.465 e. The Balaban J connectivity index is 2.03. The number of rotatable bonds is 6. The van der Waals surface area contributed by atoms with E-state index in [4.69, 9.17) is 9.15 Å². The maximum absolute atomic E-state index is 12.0. The summed E-state index contributed by atoms with van der Waals surface area (Å²) in [5.74, 6) is 1.88. The van der Waals surface area contributed by atoms with Crippen LogP contribution in [0.25, 0.3) is 0 Å². The highest BCUT2D eigenvalue weighted by Gasteiger charge is 2.26. The first-order valence-corrected chi connectivity index (χ1v) is 8.59. The molecule has 118 valence electrons. The van der Waals surface area contributed by atoms with E-state index in [1.807, 2.05) is 32.2 Å². The third kappa shape index (κ3) is 4.49. The first kappa shape index (κ1) is 16.4. The van der Waals surface area contributed by atoms with Gasteiger partial charge < -0.3 is 14.5 Å². The Bertz CT molecular complexity index is 458. The van der Waals surface area contributed by atoms with E-state index in [0.717, 1.165) is 37.8 Å². The van der Waals surface area contributed by atoms with Crippen molar-refractivity contribution in [1.82, 2.24) is 10.2 Å². The maximum atomic E-state index is 12.0. The Morgan fingerprint density at radius 2 is 2.14 bits per heavy atom. The molecular formula is C15H24N2O3S. The number of carbonyl (C=O) groups is 1. The number of hydrogen-bond donors (Lipinski definition) is 1. The summed E-state index contributed by atoms with van der Waals surface area (Å²) in [4.78, 5) is 14.3. The third-order valence-corrected chi connectivity index (χ3v) is 4.69. The van der Waals surface area contributed by atoms with Gasteiger partial charge in [0.1, 0.15) is 11.5 Å². The van der Waals surface area contributed by atoms with Crippen LogP contribution in [0.2, 0.25) is 0 Å².